The van der Waals surface area contributed by atoms with E-state index in [1.165, 1.54) is 0 Å². The number of amides is 4. The molecule has 144 valence electrons. The minimum Gasteiger partial charge on any atom is -0.354 e. The zero-order valence-corrected chi connectivity index (χ0v) is 15.1. The van der Waals surface area contributed by atoms with Gasteiger partial charge in [-0.3, -0.25) is 24.1 Å². The molecule has 3 N–H and O–H groups in total. The van der Waals surface area contributed by atoms with E-state index in [1.807, 2.05) is 0 Å². The Kier molecular flexibility index (Phi) is 5.85. The maximum Gasteiger partial charge on any atom is 0.262 e. The number of carbonyl (C=O) groups excluding carboxylic acids is 4. The fraction of sp³-hybridized carbons (Fsp3) is 0.474. The molecule has 4 amide bonds. The van der Waals surface area contributed by atoms with Crippen LogP contribution in [0.1, 0.15) is 46.4 Å². The highest BCUT2D eigenvalue weighted by atomic mass is 16.2. The normalized spacial score (nSPS) is 19.2. The summed E-state index contributed by atoms with van der Waals surface area (Å²) in [4.78, 5) is 52.1. The third-order valence-electron chi connectivity index (χ3n) is 5.03. The zero-order valence-electron chi connectivity index (χ0n) is 15.1. The molecule has 0 saturated carbocycles. The third-order valence-corrected chi connectivity index (χ3v) is 5.03. The van der Waals surface area contributed by atoms with Gasteiger partial charge in [0.25, 0.3) is 11.8 Å². The predicted octanol–water partition coefficient (Wildman–Crippen LogP) is 0.129. The molecule has 8 nitrogen and oxygen atoms in total. The van der Waals surface area contributed by atoms with Gasteiger partial charge in [-0.05, 0) is 31.4 Å². The van der Waals surface area contributed by atoms with Gasteiger partial charge >= 0.3 is 0 Å². The monoisotopic (exact) mass is 372 g/mol. The number of nitrogens with two attached hydrogens (primary N) is 1. The highest BCUT2D eigenvalue weighted by Gasteiger charge is 2.38. The Balaban J connectivity index is 1.65. The smallest absolute Gasteiger partial charge is 0.262 e. The molecule has 1 unspecified atom stereocenters. The van der Waals surface area contributed by atoms with Crippen molar-refractivity contribution in [3.63, 3.8) is 0 Å². The van der Waals surface area contributed by atoms with Crippen molar-refractivity contribution in [2.75, 3.05) is 26.2 Å². The molecule has 1 aromatic rings. The molecule has 0 aliphatic carbocycles. The van der Waals surface area contributed by atoms with Crippen LogP contribution in [0.15, 0.2) is 24.3 Å². The van der Waals surface area contributed by atoms with Gasteiger partial charge in [-0.1, -0.05) is 12.1 Å². The van der Waals surface area contributed by atoms with Crippen LogP contribution < -0.4 is 11.1 Å². The van der Waals surface area contributed by atoms with Gasteiger partial charge in [0.2, 0.25) is 11.8 Å². The summed E-state index contributed by atoms with van der Waals surface area (Å²) in [6.45, 7) is 0.907. The minimum absolute atomic E-state index is 0.136. The molecule has 1 atom stereocenters. The molecule has 0 spiro atoms. The van der Waals surface area contributed by atoms with Gasteiger partial charge in [-0.15, -0.1) is 0 Å². The first-order valence-corrected chi connectivity index (χ1v) is 9.24. The van der Waals surface area contributed by atoms with E-state index in [1.54, 1.807) is 29.2 Å². The largest absolute Gasteiger partial charge is 0.354 e. The van der Waals surface area contributed by atoms with E-state index in [0.717, 1.165) is 24.2 Å². The lowest BCUT2D eigenvalue weighted by Crippen LogP contribution is -2.52. The fourth-order valence-corrected chi connectivity index (χ4v) is 3.60. The number of hydrogen-bond donors (Lipinski definition) is 2. The number of likely N-dealkylation sites (tertiary alicyclic amines) is 1. The second-order valence-corrected chi connectivity index (χ2v) is 6.82. The average molecular weight is 372 g/mol. The number of imide groups is 1. The van der Waals surface area contributed by atoms with Crippen LogP contribution in [0.4, 0.5) is 0 Å². The molecule has 2 aliphatic heterocycles. The van der Waals surface area contributed by atoms with Gasteiger partial charge in [0.05, 0.1) is 11.1 Å². The van der Waals surface area contributed by atoms with Gasteiger partial charge in [-0.2, -0.15) is 0 Å². The first-order chi connectivity index (χ1) is 13.0. The van der Waals surface area contributed by atoms with Gasteiger partial charge in [0, 0.05) is 32.1 Å². The van der Waals surface area contributed by atoms with E-state index < -0.39 is 11.8 Å². The highest BCUT2D eigenvalue weighted by molar-refractivity contribution is 6.22. The predicted molar refractivity (Wildman–Crippen MR) is 97.8 cm³/mol. The number of hydrogen-bond acceptors (Lipinski definition) is 5. The van der Waals surface area contributed by atoms with Crippen LogP contribution in [0.3, 0.4) is 0 Å². The van der Waals surface area contributed by atoms with Crippen LogP contribution in [0, 0.1) is 0 Å². The number of rotatable bonds is 6. The Bertz CT molecular complexity index is 729. The third kappa shape index (κ3) is 4.00. The Labute approximate surface area is 157 Å². The van der Waals surface area contributed by atoms with Crippen molar-refractivity contribution in [1.82, 2.24) is 15.1 Å². The molecule has 1 saturated heterocycles. The van der Waals surface area contributed by atoms with Crippen molar-refractivity contribution >= 4 is 23.6 Å². The molecular weight excluding hydrogens is 348 g/mol. The van der Waals surface area contributed by atoms with Crippen molar-refractivity contribution in [3.8, 4) is 0 Å². The molecule has 27 heavy (non-hydrogen) atoms. The van der Waals surface area contributed by atoms with Crippen molar-refractivity contribution in [2.24, 2.45) is 5.73 Å². The SMILES string of the molecule is NCCC(=O)NCC1CCCCN1C(=O)CN1C(=O)c2ccccc2C1=O. The van der Waals surface area contributed by atoms with Crippen molar-refractivity contribution in [3.05, 3.63) is 35.4 Å². The number of benzene rings is 1. The second-order valence-electron chi connectivity index (χ2n) is 6.82. The summed E-state index contributed by atoms with van der Waals surface area (Å²) < 4.78 is 0. The fourth-order valence-electron chi connectivity index (χ4n) is 3.60. The van der Waals surface area contributed by atoms with Crippen LogP contribution in [0.25, 0.3) is 0 Å². The molecule has 0 aromatic heterocycles. The summed E-state index contributed by atoms with van der Waals surface area (Å²) in [5.74, 6) is -1.29. The molecule has 1 aromatic carbocycles. The lowest BCUT2D eigenvalue weighted by Gasteiger charge is -2.36. The molecule has 3 rings (SSSR count). The van der Waals surface area contributed by atoms with Crippen LogP contribution >= 0.6 is 0 Å². The topological polar surface area (TPSA) is 113 Å². The van der Waals surface area contributed by atoms with Crippen molar-refractivity contribution in [2.45, 2.75) is 31.7 Å². The number of piperidine rings is 1. The molecule has 0 radical (unpaired) electrons. The summed E-state index contributed by atoms with van der Waals surface area (Å²) in [7, 11) is 0. The van der Waals surface area contributed by atoms with Crippen LogP contribution in [-0.4, -0.2) is 65.6 Å². The Hall–Kier alpha value is -2.74. The van der Waals surface area contributed by atoms with Crippen LogP contribution in [-0.2, 0) is 9.59 Å². The molecule has 0 bridgehead atoms. The summed E-state index contributed by atoms with van der Waals surface area (Å²) in [6, 6.07) is 6.44. The van der Waals surface area contributed by atoms with Gasteiger partial charge in [0.15, 0.2) is 0 Å². The summed E-state index contributed by atoms with van der Waals surface area (Å²) in [5, 5.41) is 2.80. The number of nitrogens with one attached hydrogen (secondary N) is 1. The number of nitrogens with zero attached hydrogens (tertiary/aromatic N) is 2. The zero-order chi connectivity index (χ0) is 19.4. The van der Waals surface area contributed by atoms with Crippen molar-refractivity contribution in [1.29, 1.82) is 0 Å². The molecule has 8 heteroatoms. The quantitative estimate of drug-likeness (QED) is 0.689. The molecule has 2 aliphatic rings. The van der Waals surface area contributed by atoms with E-state index >= 15 is 0 Å². The van der Waals surface area contributed by atoms with E-state index in [2.05, 4.69) is 5.32 Å². The van der Waals surface area contributed by atoms with E-state index in [9.17, 15) is 19.2 Å². The van der Waals surface area contributed by atoms with Crippen LogP contribution in [0.2, 0.25) is 0 Å². The first kappa shape index (κ1) is 19.0. The van der Waals surface area contributed by atoms with E-state index in [4.69, 9.17) is 5.73 Å². The second kappa shape index (κ2) is 8.30. The lowest BCUT2D eigenvalue weighted by atomic mass is 10.0. The van der Waals surface area contributed by atoms with E-state index in [0.29, 0.717) is 24.2 Å². The van der Waals surface area contributed by atoms with Crippen molar-refractivity contribution < 1.29 is 19.2 Å². The van der Waals surface area contributed by atoms with Gasteiger partial charge in [-0.25, -0.2) is 0 Å². The van der Waals surface area contributed by atoms with Gasteiger partial charge in [0.1, 0.15) is 6.54 Å². The first-order valence-electron chi connectivity index (χ1n) is 9.24. The summed E-state index contributed by atoms with van der Waals surface area (Å²) >= 11 is 0. The standard InChI is InChI=1S/C19H24N4O4/c20-9-8-16(24)21-11-13-5-3-4-10-22(13)17(25)12-23-18(26)14-6-1-2-7-15(14)19(23)27/h1-2,6-7,13H,3-5,8-12,20H2,(H,21,24). The maximum atomic E-state index is 12.8. The molecule has 2 heterocycles. The highest BCUT2D eigenvalue weighted by Crippen LogP contribution is 2.23. The Morgan fingerprint density at radius 1 is 1.11 bits per heavy atom. The van der Waals surface area contributed by atoms with E-state index in [-0.39, 0.29) is 37.4 Å². The molecular formula is C19H24N4O4. The average Bonchev–Trinajstić information content (AvgIpc) is 2.92. The lowest BCUT2D eigenvalue weighted by molar-refractivity contribution is -0.135. The Morgan fingerprint density at radius 2 is 1.78 bits per heavy atom. The minimum atomic E-state index is -0.436. The van der Waals surface area contributed by atoms with Gasteiger partial charge < -0.3 is 16.0 Å². The summed E-state index contributed by atoms with van der Waals surface area (Å²) in [6.07, 6.45) is 2.85. The Morgan fingerprint density at radius 3 is 2.41 bits per heavy atom. The molecule has 1 fully saturated rings. The summed E-state index contributed by atoms with van der Waals surface area (Å²) in [5.41, 5.74) is 6.04. The van der Waals surface area contributed by atoms with Crippen LogP contribution in [0.5, 0.6) is 0 Å². The maximum absolute atomic E-state index is 12.8. The number of carbonyl (C=O) groups is 4. The number of fused-ring (bicyclic) bond motifs is 1.